The average molecular weight is 236 g/mol. The van der Waals surface area contributed by atoms with Gasteiger partial charge in [-0.3, -0.25) is 4.79 Å². The average Bonchev–Trinajstić information content (AvgIpc) is 2.29. The number of aldehydes is 1. The van der Waals surface area contributed by atoms with Crippen LogP contribution in [0.5, 0.6) is 0 Å². The van der Waals surface area contributed by atoms with Crippen molar-refractivity contribution in [1.29, 1.82) is 0 Å². The third-order valence-electron chi connectivity index (χ3n) is 2.15. The molecule has 0 atom stereocenters. The molecule has 1 aromatic carbocycles. The fourth-order valence-electron chi connectivity index (χ4n) is 1.35. The zero-order chi connectivity index (χ0) is 11.5. The molecule has 0 spiro atoms. The summed E-state index contributed by atoms with van der Waals surface area (Å²) in [5.74, 6) is -0.370. The summed E-state index contributed by atoms with van der Waals surface area (Å²) in [7, 11) is 0. The summed E-state index contributed by atoms with van der Waals surface area (Å²) < 4.78 is 13.4. The minimum absolute atomic E-state index is 0.0794. The Bertz CT molecular complexity index is 542. The molecule has 2 rings (SSSR count). The Kier molecular flexibility index (Phi) is 2.97. The summed E-state index contributed by atoms with van der Waals surface area (Å²) in [5.41, 5.74) is 1.07. The number of carbonyl (C=O) groups is 1. The smallest absolute Gasteiger partial charge is 0.153 e. The van der Waals surface area contributed by atoms with Crippen molar-refractivity contribution in [3.8, 4) is 11.3 Å². The van der Waals surface area contributed by atoms with Crippen LogP contribution in [0.3, 0.4) is 0 Å². The highest BCUT2D eigenvalue weighted by Crippen LogP contribution is 2.23. The van der Waals surface area contributed by atoms with E-state index >= 15 is 0 Å². The van der Waals surface area contributed by atoms with Gasteiger partial charge in [-0.2, -0.15) is 0 Å². The first-order valence-electron chi connectivity index (χ1n) is 4.59. The van der Waals surface area contributed by atoms with Crippen molar-refractivity contribution >= 4 is 17.9 Å². The highest BCUT2D eigenvalue weighted by Gasteiger charge is 2.08. The summed E-state index contributed by atoms with van der Waals surface area (Å²) in [6.45, 7) is 0. The molecular weight excluding hydrogens is 229 g/mol. The number of hydrogen-bond donors (Lipinski definition) is 0. The Hall–Kier alpha value is -1.74. The molecule has 0 amide bonds. The standard InChI is InChI=1S/C12H7ClFNO/c13-12-8(7-16)5-6-11(15-12)9-3-1-2-4-10(9)14/h1-7H. The molecular formula is C12H7ClFNO. The lowest BCUT2D eigenvalue weighted by Crippen LogP contribution is -1.91. The number of halogens is 2. The van der Waals surface area contributed by atoms with Crippen LogP contribution in [0.2, 0.25) is 5.15 Å². The maximum Gasteiger partial charge on any atom is 0.153 e. The van der Waals surface area contributed by atoms with Crippen LogP contribution < -0.4 is 0 Å². The van der Waals surface area contributed by atoms with E-state index < -0.39 is 0 Å². The molecule has 0 fully saturated rings. The predicted octanol–water partition coefficient (Wildman–Crippen LogP) is 3.35. The van der Waals surface area contributed by atoms with Gasteiger partial charge in [0.1, 0.15) is 11.0 Å². The van der Waals surface area contributed by atoms with Gasteiger partial charge in [-0.15, -0.1) is 0 Å². The van der Waals surface area contributed by atoms with Crippen LogP contribution in [0, 0.1) is 5.82 Å². The second-order valence-electron chi connectivity index (χ2n) is 3.17. The van der Waals surface area contributed by atoms with Crippen molar-refractivity contribution in [2.24, 2.45) is 0 Å². The second-order valence-corrected chi connectivity index (χ2v) is 3.53. The van der Waals surface area contributed by atoms with Crippen LogP contribution in [0.25, 0.3) is 11.3 Å². The Balaban J connectivity index is 2.54. The van der Waals surface area contributed by atoms with Gasteiger partial charge in [-0.1, -0.05) is 23.7 Å². The van der Waals surface area contributed by atoms with Gasteiger partial charge in [0.05, 0.1) is 11.3 Å². The maximum atomic E-state index is 13.4. The number of hydrogen-bond acceptors (Lipinski definition) is 2. The van der Waals surface area contributed by atoms with Gasteiger partial charge in [-0.25, -0.2) is 9.37 Å². The zero-order valence-electron chi connectivity index (χ0n) is 8.15. The molecule has 0 aliphatic rings. The molecule has 4 heteroatoms. The molecule has 2 nitrogen and oxygen atoms in total. The normalized spacial score (nSPS) is 10.1. The Morgan fingerprint density at radius 3 is 2.56 bits per heavy atom. The zero-order valence-corrected chi connectivity index (χ0v) is 8.91. The minimum Gasteiger partial charge on any atom is -0.298 e. The first-order chi connectivity index (χ1) is 7.72. The Labute approximate surface area is 96.7 Å². The van der Waals surface area contributed by atoms with Gasteiger partial charge in [0.25, 0.3) is 0 Å². The van der Waals surface area contributed by atoms with Crippen molar-refractivity contribution in [2.45, 2.75) is 0 Å². The quantitative estimate of drug-likeness (QED) is 0.590. The monoisotopic (exact) mass is 235 g/mol. The van der Waals surface area contributed by atoms with Gasteiger partial charge in [-0.05, 0) is 24.3 Å². The predicted molar refractivity (Wildman–Crippen MR) is 60.0 cm³/mol. The SMILES string of the molecule is O=Cc1ccc(-c2ccccc2F)nc1Cl. The van der Waals surface area contributed by atoms with E-state index in [0.717, 1.165) is 0 Å². The van der Waals surface area contributed by atoms with Crippen LogP contribution in [0.4, 0.5) is 4.39 Å². The van der Waals surface area contributed by atoms with E-state index in [-0.39, 0.29) is 11.0 Å². The van der Waals surface area contributed by atoms with Crippen LogP contribution in [-0.4, -0.2) is 11.3 Å². The lowest BCUT2D eigenvalue weighted by Gasteiger charge is -2.03. The summed E-state index contributed by atoms with van der Waals surface area (Å²) in [4.78, 5) is 14.5. The molecule has 0 radical (unpaired) electrons. The minimum atomic E-state index is -0.370. The van der Waals surface area contributed by atoms with Crippen LogP contribution in [0.15, 0.2) is 36.4 Å². The number of benzene rings is 1. The van der Waals surface area contributed by atoms with E-state index in [4.69, 9.17) is 11.6 Å². The number of nitrogens with zero attached hydrogens (tertiary/aromatic N) is 1. The van der Waals surface area contributed by atoms with E-state index in [0.29, 0.717) is 23.1 Å². The third kappa shape index (κ3) is 1.95. The summed E-state index contributed by atoms with van der Waals surface area (Å²) in [6, 6.07) is 9.34. The maximum absolute atomic E-state index is 13.4. The molecule has 0 aliphatic carbocycles. The second kappa shape index (κ2) is 4.41. The molecule has 0 N–H and O–H groups in total. The first-order valence-corrected chi connectivity index (χ1v) is 4.97. The molecule has 0 saturated carbocycles. The molecule has 0 saturated heterocycles. The van der Waals surface area contributed by atoms with Crippen molar-refractivity contribution in [2.75, 3.05) is 0 Å². The molecule has 0 bridgehead atoms. The molecule has 1 heterocycles. The number of aromatic nitrogens is 1. The number of pyridine rings is 1. The highest BCUT2D eigenvalue weighted by molar-refractivity contribution is 6.31. The van der Waals surface area contributed by atoms with Crippen molar-refractivity contribution in [3.63, 3.8) is 0 Å². The van der Waals surface area contributed by atoms with Gasteiger partial charge < -0.3 is 0 Å². The van der Waals surface area contributed by atoms with Crippen molar-refractivity contribution in [1.82, 2.24) is 4.98 Å². The van der Waals surface area contributed by atoms with Gasteiger partial charge >= 0.3 is 0 Å². The summed E-state index contributed by atoms with van der Waals surface area (Å²) in [5, 5.41) is 0.0794. The lowest BCUT2D eigenvalue weighted by atomic mass is 10.1. The molecule has 80 valence electrons. The molecule has 0 aliphatic heterocycles. The topological polar surface area (TPSA) is 30.0 Å². The van der Waals surface area contributed by atoms with E-state index in [2.05, 4.69) is 4.98 Å². The third-order valence-corrected chi connectivity index (χ3v) is 2.46. The van der Waals surface area contributed by atoms with Gasteiger partial charge in [0.15, 0.2) is 6.29 Å². The van der Waals surface area contributed by atoms with Crippen molar-refractivity contribution in [3.05, 3.63) is 52.9 Å². The molecule has 0 unspecified atom stereocenters. The Morgan fingerprint density at radius 2 is 1.94 bits per heavy atom. The fourth-order valence-corrected chi connectivity index (χ4v) is 1.55. The van der Waals surface area contributed by atoms with Gasteiger partial charge in [0.2, 0.25) is 0 Å². The van der Waals surface area contributed by atoms with Crippen LogP contribution >= 0.6 is 11.6 Å². The molecule has 2 aromatic rings. The van der Waals surface area contributed by atoms with Crippen molar-refractivity contribution < 1.29 is 9.18 Å². The lowest BCUT2D eigenvalue weighted by molar-refractivity contribution is 0.112. The summed E-state index contributed by atoms with van der Waals surface area (Å²) in [6.07, 6.45) is 0.612. The van der Waals surface area contributed by atoms with E-state index in [1.807, 2.05) is 0 Å². The molecule has 16 heavy (non-hydrogen) atoms. The highest BCUT2D eigenvalue weighted by atomic mass is 35.5. The largest absolute Gasteiger partial charge is 0.298 e. The van der Waals surface area contributed by atoms with E-state index in [1.54, 1.807) is 24.3 Å². The van der Waals surface area contributed by atoms with E-state index in [9.17, 15) is 9.18 Å². The van der Waals surface area contributed by atoms with Crippen LogP contribution in [0.1, 0.15) is 10.4 Å². The first kappa shape index (κ1) is 10.8. The van der Waals surface area contributed by atoms with Crippen LogP contribution in [-0.2, 0) is 0 Å². The number of carbonyl (C=O) groups excluding carboxylic acids is 1. The molecule has 1 aromatic heterocycles. The summed E-state index contributed by atoms with van der Waals surface area (Å²) >= 11 is 5.77. The van der Waals surface area contributed by atoms with E-state index in [1.165, 1.54) is 12.1 Å². The number of rotatable bonds is 2. The Morgan fingerprint density at radius 1 is 1.19 bits per heavy atom. The fraction of sp³-hybridized carbons (Fsp3) is 0. The van der Waals surface area contributed by atoms with Gasteiger partial charge in [0, 0.05) is 5.56 Å².